The minimum atomic E-state index is -4.31. The maximum atomic E-state index is 12.6. The number of hydrogen-bond acceptors (Lipinski definition) is 3. The maximum Gasteiger partial charge on any atom is 0.416 e. The molecule has 0 aromatic heterocycles. The zero-order chi connectivity index (χ0) is 18.2. The topological polar surface area (TPSA) is 52.6 Å². The molecule has 2 aliphatic rings. The van der Waals surface area contributed by atoms with Crippen molar-refractivity contribution in [2.45, 2.75) is 44.6 Å². The molecule has 2 N–H and O–H groups in total. The van der Waals surface area contributed by atoms with E-state index in [-0.39, 0.29) is 11.9 Å². The van der Waals surface area contributed by atoms with Crippen LogP contribution in [0.2, 0.25) is 0 Å². The van der Waals surface area contributed by atoms with Gasteiger partial charge >= 0.3 is 6.18 Å². The fraction of sp³-hybridized carbons (Fsp3) is 0.611. The zero-order valence-electron chi connectivity index (χ0n) is 14.1. The molecule has 4 nitrogen and oxygen atoms in total. The van der Waals surface area contributed by atoms with Gasteiger partial charge in [-0.1, -0.05) is 12.1 Å². The van der Waals surface area contributed by atoms with Crippen molar-refractivity contribution in [2.24, 2.45) is 11.8 Å². The van der Waals surface area contributed by atoms with Crippen molar-refractivity contribution in [2.75, 3.05) is 13.1 Å². The molecule has 0 bridgehead atoms. The fourth-order valence-electron chi connectivity index (χ4n) is 4.13. The predicted molar refractivity (Wildman–Crippen MR) is 86.5 cm³/mol. The van der Waals surface area contributed by atoms with Crippen LogP contribution in [-0.4, -0.2) is 41.1 Å². The molecule has 1 saturated heterocycles. The summed E-state index contributed by atoms with van der Waals surface area (Å²) < 4.78 is 37.9. The number of aliphatic hydroxyl groups is 1. The highest BCUT2D eigenvalue weighted by Crippen LogP contribution is 2.37. The average molecular weight is 356 g/mol. The van der Waals surface area contributed by atoms with E-state index >= 15 is 0 Å². The summed E-state index contributed by atoms with van der Waals surface area (Å²) in [5.41, 5.74) is 0.221. The number of hydrogen-bond donors (Lipinski definition) is 2. The summed E-state index contributed by atoms with van der Waals surface area (Å²) in [6.45, 7) is 3.72. The van der Waals surface area contributed by atoms with E-state index in [1.165, 1.54) is 19.1 Å². The molecule has 1 aromatic rings. The predicted octanol–water partition coefficient (Wildman–Crippen LogP) is 2.41. The van der Waals surface area contributed by atoms with Crippen molar-refractivity contribution < 1.29 is 23.1 Å². The van der Waals surface area contributed by atoms with Crippen LogP contribution in [0.15, 0.2) is 24.3 Å². The molecule has 7 heteroatoms. The van der Waals surface area contributed by atoms with Crippen LogP contribution in [-0.2, 0) is 17.5 Å². The molecular weight excluding hydrogens is 333 g/mol. The van der Waals surface area contributed by atoms with Crippen molar-refractivity contribution in [3.63, 3.8) is 0 Å². The summed E-state index contributed by atoms with van der Waals surface area (Å²) >= 11 is 0. The molecule has 1 heterocycles. The normalized spacial score (nSPS) is 30.1. The van der Waals surface area contributed by atoms with Gasteiger partial charge in [0.1, 0.15) is 0 Å². The number of benzene rings is 1. The lowest BCUT2D eigenvalue weighted by atomic mass is 9.77. The Hall–Kier alpha value is -1.60. The van der Waals surface area contributed by atoms with E-state index < -0.39 is 17.8 Å². The molecule has 2 fully saturated rings. The van der Waals surface area contributed by atoms with Crippen LogP contribution in [0.1, 0.15) is 30.9 Å². The van der Waals surface area contributed by atoms with Crippen molar-refractivity contribution in [3.05, 3.63) is 35.4 Å². The third-order valence-electron chi connectivity index (χ3n) is 5.29. The summed E-state index contributed by atoms with van der Waals surface area (Å²) in [5, 5.41) is 13.0. The first-order valence-electron chi connectivity index (χ1n) is 8.56. The number of carbonyl (C=O) groups is 1. The summed E-state index contributed by atoms with van der Waals surface area (Å²) in [7, 11) is 0. The molecule has 3 rings (SSSR count). The molecule has 1 aromatic carbocycles. The number of alkyl halides is 3. The van der Waals surface area contributed by atoms with Gasteiger partial charge in [0, 0.05) is 26.6 Å². The second kappa shape index (κ2) is 6.96. The lowest BCUT2D eigenvalue weighted by molar-refractivity contribution is -0.137. The molecule has 0 spiro atoms. The largest absolute Gasteiger partial charge is 0.416 e. The van der Waals surface area contributed by atoms with Gasteiger partial charge in [-0.05, 0) is 42.4 Å². The number of aliphatic hydroxyl groups excluding tert-OH is 1. The summed E-state index contributed by atoms with van der Waals surface area (Å²) in [5.74, 6) is 0.631. The Morgan fingerprint density at radius 2 is 1.80 bits per heavy atom. The minimum Gasteiger partial charge on any atom is -0.391 e. The second-order valence-corrected chi connectivity index (χ2v) is 7.25. The monoisotopic (exact) mass is 356 g/mol. The zero-order valence-corrected chi connectivity index (χ0v) is 14.1. The Morgan fingerprint density at radius 1 is 1.20 bits per heavy atom. The van der Waals surface area contributed by atoms with Crippen LogP contribution < -0.4 is 5.32 Å². The number of rotatable bonds is 3. The number of carbonyl (C=O) groups excluding carboxylic acids is 1. The second-order valence-electron chi connectivity index (χ2n) is 7.25. The van der Waals surface area contributed by atoms with Crippen LogP contribution in [0.4, 0.5) is 13.2 Å². The fourth-order valence-corrected chi connectivity index (χ4v) is 4.13. The number of fused-ring (bicyclic) bond motifs is 1. The highest BCUT2D eigenvalue weighted by molar-refractivity contribution is 5.73. The smallest absolute Gasteiger partial charge is 0.391 e. The van der Waals surface area contributed by atoms with Crippen LogP contribution in [0, 0.1) is 11.8 Å². The molecule has 0 radical (unpaired) electrons. The third-order valence-corrected chi connectivity index (χ3v) is 5.29. The highest BCUT2D eigenvalue weighted by atomic mass is 19.4. The number of nitrogens with one attached hydrogen (secondary N) is 1. The van der Waals surface area contributed by atoms with E-state index in [2.05, 4.69) is 10.2 Å². The van der Waals surface area contributed by atoms with Crippen LogP contribution in [0.25, 0.3) is 0 Å². The molecule has 0 unspecified atom stereocenters. The van der Waals surface area contributed by atoms with Gasteiger partial charge in [-0.3, -0.25) is 9.69 Å². The SMILES string of the molecule is CC(=O)N[C@@H]1C[C@@H]2CN(Cc3ccc(C(F)(F)F)cc3)C[C@@H]2C[C@H]1O. The number of amides is 1. The lowest BCUT2D eigenvalue weighted by Gasteiger charge is -2.35. The van der Waals surface area contributed by atoms with Crippen molar-refractivity contribution in [1.29, 1.82) is 0 Å². The van der Waals surface area contributed by atoms with Gasteiger partial charge < -0.3 is 10.4 Å². The van der Waals surface area contributed by atoms with Gasteiger partial charge in [0.05, 0.1) is 17.7 Å². The van der Waals surface area contributed by atoms with Crippen LogP contribution >= 0.6 is 0 Å². The van der Waals surface area contributed by atoms with Gasteiger partial charge in [-0.25, -0.2) is 0 Å². The Balaban J connectivity index is 1.59. The molecule has 138 valence electrons. The van der Waals surface area contributed by atoms with E-state index in [9.17, 15) is 23.1 Å². The quantitative estimate of drug-likeness (QED) is 0.875. The number of halogens is 3. The lowest BCUT2D eigenvalue weighted by Crippen LogP contribution is -2.48. The van der Waals surface area contributed by atoms with Gasteiger partial charge in [0.15, 0.2) is 0 Å². The number of likely N-dealkylation sites (tertiary alicyclic amines) is 1. The van der Waals surface area contributed by atoms with Gasteiger partial charge in [-0.2, -0.15) is 13.2 Å². The van der Waals surface area contributed by atoms with E-state index in [1.807, 2.05) is 0 Å². The third kappa shape index (κ3) is 4.33. The first kappa shape index (κ1) is 18.2. The molecule has 4 atom stereocenters. The van der Waals surface area contributed by atoms with Crippen molar-refractivity contribution >= 4 is 5.91 Å². The molecular formula is C18H23F3N2O2. The maximum absolute atomic E-state index is 12.6. The summed E-state index contributed by atoms with van der Waals surface area (Å²) in [6.07, 6.45) is -3.44. The van der Waals surface area contributed by atoms with E-state index in [0.717, 1.165) is 37.2 Å². The number of nitrogens with zero attached hydrogens (tertiary/aromatic N) is 1. The average Bonchev–Trinajstić information content (AvgIpc) is 2.87. The van der Waals surface area contributed by atoms with Crippen molar-refractivity contribution in [3.8, 4) is 0 Å². The Kier molecular flexibility index (Phi) is 5.06. The Bertz CT molecular complexity index is 618. The first-order chi connectivity index (χ1) is 11.7. The van der Waals surface area contributed by atoms with E-state index in [1.54, 1.807) is 0 Å². The van der Waals surface area contributed by atoms with Gasteiger partial charge in [-0.15, -0.1) is 0 Å². The Morgan fingerprint density at radius 3 is 2.36 bits per heavy atom. The highest BCUT2D eigenvalue weighted by Gasteiger charge is 2.41. The minimum absolute atomic E-state index is 0.137. The molecule has 1 aliphatic heterocycles. The summed E-state index contributed by atoms with van der Waals surface area (Å²) in [4.78, 5) is 13.5. The van der Waals surface area contributed by atoms with E-state index in [4.69, 9.17) is 0 Å². The standard InChI is InChI=1S/C18H23F3N2O2/c1-11(24)22-16-6-13-9-23(10-14(13)7-17(16)25)8-12-2-4-15(5-3-12)18(19,20)21/h2-5,13-14,16-17,25H,6-10H2,1H3,(H,22,24)/t13-,14+,16-,17-/m1/s1. The first-order valence-corrected chi connectivity index (χ1v) is 8.56. The van der Waals surface area contributed by atoms with Gasteiger partial charge in [0.2, 0.25) is 5.91 Å². The molecule has 1 amide bonds. The van der Waals surface area contributed by atoms with Crippen LogP contribution in [0.5, 0.6) is 0 Å². The summed E-state index contributed by atoms with van der Waals surface area (Å²) in [6, 6.07) is 5.09. The molecule has 25 heavy (non-hydrogen) atoms. The van der Waals surface area contributed by atoms with Gasteiger partial charge in [0.25, 0.3) is 0 Å². The molecule has 1 aliphatic carbocycles. The van der Waals surface area contributed by atoms with Crippen LogP contribution in [0.3, 0.4) is 0 Å². The Labute approximate surface area is 145 Å². The molecule has 1 saturated carbocycles. The van der Waals surface area contributed by atoms with E-state index in [0.29, 0.717) is 24.8 Å². The van der Waals surface area contributed by atoms with Crippen molar-refractivity contribution in [1.82, 2.24) is 10.2 Å².